The van der Waals surface area contributed by atoms with Gasteiger partial charge in [0.2, 0.25) is 0 Å². The fourth-order valence-corrected chi connectivity index (χ4v) is 1.56. The first-order valence-electron chi connectivity index (χ1n) is 4.28. The number of allylic oxidation sites excluding steroid dienone is 3. The summed E-state index contributed by atoms with van der Waals surface area (Å²) in [7, 11) is 0. The maximum atomic E-state index is 2.20. The minimum atomic E-state index is 1.05. The molecule has 0 saturated heterocycles. The summed E-state index contributed by atoms with van der Waals surface area (Å²) < 4.78 is 0. The van der Waals surface area contributed by atoms with Crippen LogP contribution in [0.5, 0.6) is 0 Å². The van der Waals surface area contributed by atoms with Crippen molar-refractivity contribution in [1.29, 1.82) is 0 Å². The number of hydrogen-bond donors (Lipinski definition) is 0. The van der Waals surface area contributed by atoms with Crippen LogP contribution < -0.4 is 0 Å². The normalized spacial score (nSPS) is 11.8. The zero-order chi connectivity index (χ0) is 8.65. The van der Waals surface area contributed by atoms with Crippen molar-refractivity contribution in [3.63, 3.8) is 0 Å². The van der Waals surface area contributed by atoms with Crippen molar-refractivity contribution in [3.05, 3.63) is 40.6 Å². The molecular formula is C11H14S. The Hall–Kier alpha value is -0.820. The third-order valence-corrected chi connectivity index (χ3v) is 2.34. The van der Waals surface area contributed by atoms with E-state index in [1.807, 2.05) is 0 Å². The number of hydrogen-bond acceptors (Lipinski definition) is 1. The van der Waals surface area contributed by atoms with Gasteiger partial charge in [-0.1, -0.05) is 31.2 Å². The van der Waals surface area contributed by atoms with Gasteiger partial charge >= 0.3 is 0 Å². The Morgan fingerprint density at radius 3 is 2.92 bits per heavy atom. The van der Waals surface area contributed by atoms with Gasteiger partial charge in [0, 0.05) is 4.88 Å². The zero-order valence-corrected chi connectivity index (χ0v) is 8.18. The molecule has 0 unspecified atom stereocenters. The second-order valence-corrected chi connectivity index (χ2v) is 3.51. The van der Waals surface area contributed by atoms with E-state index in [1.54, 1.807) is 11.3 Å². The van der Waals surface area contributed by atoms with Gasteiger partial charge in [0.15, 0.2) is 0 Å². The molecule has 0 N–H and O–H groups in total. The molecule has 64 valence electrons. The summed E-state index contributed by atoms with van der Waals surface area (Å²) in [6.07, 6.45) is 10.9. The lowest BCUT2D eigenvalue weighted by atomic mass is 10.3. The van der Waals surface area contributed by atoms with Crippen LogP contribution in [0.2, 0.25) is 0 Å². The van der Waals surface area contributed by atoms with Crippen LogP contribution in [0.15, 0.2) is 35.7 Å². The first kappa shape index (κ1) is 9.27. The van der Waals surface area contributed by atoms with Crippen molar-refractivity contribution in [1.82, 2.24) is 0 Å². The molecule has 0 nitrogen and oxygen atoms in total. The molecule has 0 spiro atoms. The zero-order valence-electron chi connectivity index (χ0n) is 7.36. The molecule has 12 heavy (non-hydrogen) atoms. The lowest BCUT2D eigenvalue weighted by molar-refractivity contribution is 1.20. The van der Waals surface area contributed by atoms with Crippen LogP contribution in [0.4, 0.5) is 0 Å². The van der Waals surface area contributed by atoms with Crippen molar-refractivity contribution in [2.75, 3.05) is 0 Å². The highest BCUT2D eigenvalue weighted by atomic mass is 32.1. The Labute approximate surface area is 78.2 Å². The topological polar surface area (TPSA) is 0 Å². The van der Waals surface area contributed by atoms with Crippen molar-refractivity contribution in [2.45, 2.75) is 19.8 Å². The van der Waals surface area contributed by atoms with E-state index in [-0.39, 0.29) is 0 Å². The van der Waals surface area contributed by atoms with Gasteiger partial charge in [-0.2, -0.15) is 0 Å². The van der Waals surface area contributed by atoms with Gasteiger partial charge in [0.25, 0.3) is 0 Å². The monoisotopic (exact) mass is 178 g/mol. The smallest absolute Gasteiger partial charge is 0.0267 e. The highest BCUT2D eigenvalue weighted by molar-refractivity contribution is 7.10. The van der Waals surface area contributed by atoms with Gasteiger partial charge < -0.3 is 0 Å². The summed E-state index contributed by atoms with van der Waals surface area (Å²) in [6, 6.07) is 4.21. The minimum Gasteiger partial charge on any atom is -0.144 e. The molecule has 0 fully saturated rings. The summed E-state index contributed by atoms with van der Waals surface area (Å²) in [6.45, 7) is 2.15. The molecule has 0 aliphatic rings. The Morgan fingerprint density at radius 1 is 1.33 bits per heavy atom. The van der Waals surface area contributed by atoms with Crippen LogP contribution in [-0.4, -0.2) is 0 Å². The molecule has 1 aromatic rings. The molecule has 1 rings (SSSR count). The molecule has 0 amide bonds. The first-order valence-corrected chi connectivity index (χ1v) is 5.16. The predicted molar refractivity (Wildman–Crippen MR) is 57.4 cm³/mol. The summed E-state index contributed by atoms with van der Waals surface area (Å²) in [5, 5.41) is 2.10. The quantitative estimate of drug-likeness (QED) is 0.608. The van der Waals surface area contributed by atoms with E-state index in [1.165, 1.54) is 4.88 Å². The fraction of sp³-hybridized carbons (Fsp3) is 0.273. The third-order valence-electron chi connectivity index (χ3n) is 1.50. The van der Waals surface area contributed by atoms with E-state index < -0.39 is 0 Å². The Morgan fingerprint density at radius 2 is 2.25 bits per heavy atom. The van der Waals surface area contributed by atoms with E-state index >= 15 is 0 Å². The Bertz CT molecular complexity index is 242. The fourth-order valence-electron chi connectivity index (χ4n) is 0.912. The third kappa shape index (κ3) is 3.54. The molecule has 0 radical (unpaired) electrons. The standard InChI is InChI=1S/C11H14S/c1-2-3-4-5-6-8-11-9-7-10-12-11/h3-4,6-10H,2,5H2,1H3/b4-3-,8-6-. The lowest BCUT2D eigenvalue weighted by Gasteiger charge is -1.82. The van der Waals surface area contributed by atoms with E-state index in [0.29, 0.717) is 0 Å². The van der Waals surface area contributed by atoms with E-state index in [9.17, 15) is 0 Å². The first-order chi connectivity index (χ1) is 5.93. The van der Waals surface area contributed by atoms with Crippen LogP contribution in [0.25, 0.3) is 6.08 Å². The van der Waals surface area contributed by atoms with Crippen molar-refractivity contribution >= 4 is 17.4 Å². The average molecular weight is 178 g/mol. The minimum absolute atomic E-state index is 1.05. The largest absolute Gasteiger partial charge is 0.144 e. The van der Waals surface area contributed by atoms with Crippen LogP contribution in [0, 0.1) is 0 Å². The molecule has 0 saturated carbocycles. The summed E-state index contributed by atoms with van der Waals surface area (Å²) in [5.41, 5.74) is 0. The predicted octanol–water partition coefficient (Wildman–Crippen LogP) is 4.12. The van der Waals surface area contributed by atoms with Gasteiger partial charge in [-0.05, 0) is 30.4 Å². The molecule has 0 atom stereocenters. The molecule has 0 aliphatic heterocycles. The van der Waals surface area contributed by atoms with Gasteiger partial charge in [-0.25, -0.2) is 0 Å². The Kier molecular flexibility index (Phi) is 4.47. The van der Waals surface area contributed by atoms with Crippen molar-refractivity contribution in [3.8, 4) is 0 Å². The second-order valence-electron chi connectivity index (χ2n) is 2.53. The van der Waals surface area contributed by atoms with Crippen molar-refractivity contribution < 1.29 is 0 Å². The van der Waals surface area contributed by atoms with E-state index in [0.717, 1.165) is 12.8 Å². The van der Waals surface area contributed by atoms with Gasteiger partial charge in [0.05, 0.1) is 0 Å². The molecule has 1 aromatic heterocycles. The highest BCUT2D eigenvalue weighted by Crippen LogP contribution is 2.10. The highest BCUT2D eigenvalue weighted by Gasteiger charge is 1.82. The summed E-state index contributed by atoms with van der Waals surface area (Å²) in [4.78, 5) is 1.33. The Balaban J connectivity index is 2.27. The molecule has 1 heterocycles. The molecule has 0 aliphatic carbocycles. The van der Waals surface area contributed by atoms with Crippen molar-refractivity contribution in [2.24, 2.45) is 0 Å². The van der Waals surface area contributed by atoms with Gasteiger partial charge in [-0.3, -0.25) is 0 Å². The maximum Gasteiger partial charge on any atom is 0.0267 e. The van der Waals surface area contributed by atoms with E-state index in [4.69, 9.17) is 0 Å². The SMILES string of the molecule is CC/C=C\C/C=C\c1cccs1. The van der Waals surface area contributed by atoms with Crippen LogP contribution in [0.1, 0.15) is 24.6 Å². The number of rotatable bonds is 4. The van der Waals surface area contributed by atoms with Gasteiger partial charge in [0.1, 0.15) is 0 Å². The maximum absolute atomic E-state index is 2.20. The van der Waals surface area contributed by atoms with E-state index in [2.05, 4.69) is 48.7 Å². The average Bonchev–Trinajstić information content (AvgIpc) is 2.57. The number of thiophene rings is 1. The van der Waals surface area contributed by atoms with Crippen LogP contribution in [-0.2, 0) is 0 Å². The van der Waals surface area contributed by atoms with Gasteiger partial charge in [-0.15, -0.1) is 11.3 Å². The second kappa shape index (κ2) is 5.78. The summed E-state index contributed by atoms with van der Waals surface area (Å²) >= 11 is 1.78. The molecular weight excluding hydrogens is 164 g/mol. The lowest BCUT2D eigenvalue weighted by Crippen LogP contribution is -1.59. The molecule has 1 heteroatoms. The van der Waals surface area contributed by atoms with Crippen LogP contribution >= 0.6 is 11.3 Å². The summed E-state index contributed by atoms with van der Waals surface area (Å²) in [5.74, 6) is 0. The molecule has 0 aromatic carbocycles. The molecule has 0 bridgehead atoms. The van der Waals surface area contributed by atoms with Crippen LogP contribution in [0.3, 0.4) is 0 Å².